The van der Waals surface area contributed by atoms with Crippen LogP contribution >= 0.6 is 23.4 Å². The second-order valence-electron chi connectivity index (χ2n) is 4.36. The van der Waals surface area contributed by atoms with E-state index in [-0.39, 0.29) is 5.91 Å². The fourth-order valence-electron chi connectivity index (χ4n) is 1.77. The van der Waals surface area contributed by atoms with E-state index in [1.165, 1.54) is 11.8 Å². The zero-order valence-electron chi connectivity index (χ0n) is 11.3. The zero-order chi connectivity index (χ0) is 15.4. The second-order valence-corrected chi connectivity index (χ2v) is 5.83. The van der Waals surface area contributed by atoms with E-state index in [2.05, 4.69) is 10.3 Å². The van der Waals surface area contributed by atoms with Crippen LogP contribution in [0.4, 0.5) is 5.69 Å². The molecule has 110 valence electrons. The van der Waals surface area contributed by atoms with E-state index in [0.717, 1.165) is 5.76 Å². The van der Waals surface area contributed by atoms with Gasteiger partial charge in [0.25, 0.3) is 5.91 Å². The molecule has 0 saturated carbocycles. The predicted molar refractivity (Wildman–Crippen MR) is 90.1 cm³/mol. The number of nitrogens with one attached hydrogen (secondary N) is 1. The van der Waals surface area contributed by atoms with Crippen LogP contribution in [0.1, 0.15) is 5.76 Å². The van der Waals surface area contributed by atoms with Crippen LogP contribution in [-0.4, -0.2) is 11.1 Å². The smallest absolute Gasteiger partial charge is 0.264 e. The van der Waals surface area contributed by atoms with E-state index in [0.29, 0.717) is 20.8 Å². The lowest BCUT2D eigenvalue weighted by atomic mass is 10.3. The molecule has 1 N–H and O–H groups in total. The number of carbonyl (C=O) groups is 1. The van der Waals surface area contributed by atoms with Gasteiger partial charge in [0.15, 0.2) is 5.17 Å². The fourth-order valence-corrected chi connectivity index (χ4v) is 2.75. The summed E-state index contributed by atoms with van der Waals surface area (Å²) in [4.78, 5) is 16.8. The first-order valence-electron chi connectivity index (χ1n) is 6.46. The third-order valence-corrected chi connectivity index (χ3v) is 3.90. The molecule has 4 nitrogen and oxygen atoms in total. The monoisotopic (exact) mass is 330 g/mol. The van der Waals surface area contributed by atoms with Gasteiger partial charge in [-0.25, -0.2) is 4.99 Å². The van der Waals surface area contributed by atoms with Crippen molar-refractivity contribution in [1.82, 2.24) is 5.32 Å². The minimum atomic E-state index is -0.171. The van der Waals surface area contributed by atoms with Crippen LogP contribution < -0.4 is 5.32 Å². The van der Waals surface area contributed by atoms with E-state index >= 15 is 0 Å². The highest BCUT2D eigenvalue weighted by Crippen LogP contribution is 2.27. The van der Waals surface area contributed by atoms with Gasteiger partial charge in [-0.05, 0) is 54.2 Å². The number of allylic oxidation sites excluding steroid dienone is 2. The Morgan fingerprint density at radius 1 is 1.27 bits per heavy atom. The Morgan fingerprint density at radius 2 is 2.18 bits per heavy atom. The van der Waals surface area contributed by atoms with E-state index in [9.17, 15) is 4.79 Å². The molecule has 2 heterocycles. The van der Waals surface area contributed by atoms with Gasteiger partial charge in [-0.15, -0.1) is 0 Å². The van der Waals surface area contributed by atoms with E-state index in [1.807, 2.05) is 18.2 Å². The number of carbonyl (C=O) groups excluding carboxylic acids is 1. The van der Waals surface area contributed by atoms with Crippen LogP contribution in [0.5, 0.6) is 0 Å². The summed E-state index contributed by atoms with van der Waals surface area (Å²) in [6.45, 7) is 0. The summed E-state index contributed by atoms with van der Waals surface area (Å²) in [5.41, 5.74) is 0.697. The lowest BCUT2D eigenvalue weighted by Crippen LogP contribution is -2.19. The summed E-state index contributed by atoms with van der Waals surface area (Å²) in [6.07, 6.45) is 6.87. The van der Waals surface area contributed by atoms with Crippen molar-refractivity contribution in [2.24, 2.45) is 4.99 Å². The number of hydrogen-bond donors (Lipinski definition) is 1. The molecule has 1 aromatic carbocycles. The number of nitrogens with zero attached hydrogens (tertiary/aromatic N) is 1. The van der Waals surface area contributed by atoms with Crippen LogP contribution in [-0.2, 0) is 4.79 Å². The third kappa shape index (κ3) is 3.69. The van der Waals surface area contributed by atoms with Crippen LogP contribution in [0.25, 0.3) is 6.08 Å². The predicted octanol–water partition coefficient (Wildman–Crippen LogP) is 4.38. The van der Waals surface area contributed by atoms with Crippen molar-refractivity contribution in [3.05, 3.63) is 70.5 Å². The molecule has 3 rings (SSSR count). The minimum Gasteiger partial charge on any atom is -0.465 e. The maximum atomic E-state index is 11.9. The fraction of sp³-hybridized carbons (Fsp3) is 0. The quantitative estimate of drug-likeness (QED) is 0.850. The molecule has 0 aliphatic carbocycles. The van der Waals surface area contributed by atoms with Gasteiger partial charge in [-0.1, -0.05) is 23.7 Å². The first-order chi connectivity index (χ1) is 10.7. The molecule has 1 amide bonds. The number of aliphatic imine (C=N–C) groups is 1. The zero-order valence-corrected chi connectivity index (χ0v) is 12.9. The summed E-state index contributed by atoms with van der Waals surface area (Å²) < 4.78 is 5.18. The molecule has 1 fully saturated rings. The lowest BCUT2D eigenvalue weighted by Gasteiger charge is -1.96. The molecule has 0 unspecified atom stereocenters. The lowest BCUT2D eigenvalue weighted by molar-refractivity contribution is -0.115. The molecule has 22 heavy (non-hydrogen) atoms. The number of amides is 1. The topological polar surface area (TPSA) is 54.6 Å². The van der Waals surface area contributed by atoms with Gasteiger partial charge in [0.2, 0.25) is 0 Å². The van der Waals surface area contributed by atoms with Crippen LogP contribution in [0, 0.1) is 0 Å². The van der Waals surface area contributed by atoms with E-state index in [1.54, 1.807) is 42.7 Å². The normalized spacial score (nSPS) is 18.5. The van der Waals surface area contributed by atoms with Crippen molar-refractivity contribution >= 4 is 46.2 Å². The van der Waals surface area contributed by atoms with Gasteiger partial charge in [0, 0.05) is 5.02 Å². The Morgan fingerprint density at radius 3 is 2.95 bits per heavy atom. The van der Waals surface area contributed by atoms with Crippen molar-refractivity contribution in [3.63, 3.8) is 0 Å². The van der Waals surface area contributed by atoms with Gasteiger partial charge in [0.05, 0.1) is 16.9 Å². The average molecular weight is 331 g/mol. The number of hydrogen-bond acceptors (Lipinski definition) is 4. The average Bonchev–Trinajstić information content (AvgIpc) is 3.10. The second kappa shape index (κ2) is 6.68. The summed E-state index contributed by atoms with van der Waals surface area (Å²) in [6, 6.07) is 10.8. The Kier molecular flexibility index (Phi) is 4.46. The van der Waals surface area contributed by atoms with Crippen molar-refractivity contribution in [1.29, 1.82) is 0 Å². The summed E-state index contributed by atoms with van der Waals surface area (Å²) in [7, 11) is 0. The minimum absolute atomic E-state index is 0.171. The standard InChI is InChI=1S/C16H11ClN2O2S/c17-11-4-1-5-12(10-11)18-16-19-15(20)14(22-16)8-2-6-13-7-3-9-21-13/h1-10H,(H,18,19,20)/b6-2+,14-8+. The van der Waals surface area contributed by atoms with Gasteiger partial charge < -0.3 is 9.73 Å². The third-order valence-electron chi connectivity index (χ3n) is 2.74. The number of benzene rings is 1. The van der Waals surface area contributed by atoms with Crippen molar-refractivity contribution < 1.29 is 9.21 Å². The van der Waals surface area contributed by atoms with Gasteiger partial charge >= 0.3 is 0 Å². The molecule has 2 aromatic rings. The number of amidine groups is 1. The maximum absolute atomic E-state index is 11.9. The molecular weight excluding hydrogens is 320 g/mol. The van der Waals surface area contributed by atoms with Crippen molar-refractivity contribution in [2.45, 2.75) is 0 Å². The Bertz CT molecular complexity index is 779. The van der Waals surface area contributed by atoms with Crippen LogP contribution in [0.3, 0.4) is 0 Å². The first-order valence-corrected chi connectivity index (χ1v) is 7.65. The first kappa shape index (κ1) is 14.7. The number of halogens is 1. The molecule has 0 spiro atoms. The highest BCUT2D eigenvalue weighted by molar-refractivity contribution is 8.18. The van der Waals surface area contributed by atoms with Crippen LogP contribution in [0.15, 0.2) is 69.1 Å². The number of furan rings is 1. The molecule has 1 aliphatic rings. The SMILES string of the molecule is O=C1NC(=Nc2cccc(Cl)c2)S/C1=C/C=C/c1ccco1. The molecule has 0 atom stereocenters. The summed E-state index contributed by atoms with van der Waals surface area (Å²) >= 11 is 7.19. The largest absolute Gasteiger partial charge is 0.465 e. The van der Waals surface area contributed by atoms with E-state index < -0.39 is 0 Å². The Labute approximate surface area is 136 Å². The summed E-state index contributed by atoms with van der Waals surface area (Å²) in [5.74, 6) is 0.558. The van der Waals surface area contributed by atoms with Gasteiger partial charge in [0.1, 0.15) is 5.76 Å². The molecule has 0 bridgehead atoms. The highest BCUT2D eigenvalue weighted by Gasteiger charge is 2.23. The molecular formula is C16H11ClN2O2S. The van der Waals surface area contributed by atoms with Crippen molar-refractivity contribution in [2.75, 3.05) is 0 Å². The molecule has 0 radical (unpaired) electrons. The molecule has 1 aromatic heterocycles. The Hall–Kier alpha value is -2.24. The molecule has 1 saturated heterocycles. The molecule has 1 aliphatic heterocycles. The van der Waals surface area contributed by atoms with E-state index in [4.69, 9.17) is 16.0 Å². The van der Waals surface area contributed by atoms with Crippen molar-refractivity contribution in [3.8, 4) is 0 Å². The van der Waals surface area contributed by atoms with Gasteiger partial charge in [-0.3, -0.25) is 4.79 Å². The summed E-state index contributed by atoms with van der Waals surface area (Å²) in [5, 5.41) is 3.86. The van der Waals surface area contributed by atoms with Crippen LogP contribution in [0.2, 0.25) is 5.02 Å². The highest BCUT2D eigenvalue weighted by atomic mass is 35.5. The maximum Gasteiger partial charge on any atom is 0.264 e. The van der Waals surface area contributed by atoms with Gasteiger partial charge in [-0.2, -0.15) is 0 Å². The Balaban J connectivity index is 1.73. The molecule has 6 heteroatoms. The number of thioether (sulfide) groups is 1. The number of rotatable bonds is 3.